The van der Waals surface area contributed by atoms with Gasteiger partial charge in [0.25, 0.3) is 10.0 Å². The fraction of sp³-hybridized carbons (Fsp3) is 0.296. The zero-order valence-corrected chi connectivity index (χ0v) is 22.4. The van der Waals surface area contributed by atoms with Crippen LogP contribution in [0.3, 0.4) is 0 Å². The number of hydrogen-bond acceptors (Lipinski definition) is 3. The van der Waals surface area contributed by atoms with Crippen LogP contribution in [0.1, 0.15) is 38.3 Å². The molecule has 5 nitrogen and oxygen atoms in total. The Morgan fingerprint density at radius 2 is 1.65 bits per heavy atom. The third kappa shape index (κ3) is 6.48. The van der Waals surface area contributed by atoms with Crippen molar-refractivity contribution in [2.75, 3.05) is 10.8 Å². The summed E-state index contributed by atoms with van der Waals surface area (Å²) in [6.07, 6.45) is 0.713. The molecule has 0 fully saturated rings. The Kier molecular flexibility index (Phi) is 8.21. The zero-order valence-electron chi connectivity index (χ0n) is 20.0. The number of rotatable bonds is 9. The van der Waals surface area contributed by atoms with Gasteiger partial charge in [0.05, 0.1) is 10.6 Å². The molecule has 180 valence electrons. The van der Waals surface area contributed by atoms with Gasteiger partial charge in [-0.25, -0.2) is 8.42 Å². The van der Waals surface area contributed by atoms with Gasteiger partial charge in [-0.05, 0) is 61.6 Å². The largest absolute Gasteiger partial charge is 0.352 e. The Hall–Kier alpha value is -2.64. The molecule has 0 aliphatic heterocycles. The number of aryl methyl sites for hydroxylation is 1. The summed E-state index contributed by atoms with van der Waals surface area (Å²) in [6, 6.07) is 23.6. The van der Waals surface area contributed by atoms with Gasteiger partial charge >= 0.3 is 0 Å². The molecule has 0 saturated heterocycles. The van der Waals surface area contributed by atoms with Gasteiger partial charge in [-0.3, -0.25) is 9.10 Å². The van der Waals surface area contributed by atoms with Gasteiger partial charge in [0.15, 0.2) is 0 Å². The van der Waals surface area contributed by atoms with E-state index in [4.69, 9.17) is 0 Å². The summed E-state index contributed by atoms with van der Waals surface area (Å²) < 4.78 is 28.9. The summed E-state index contributed by atoms with van der Waals surface area (Å²) in [5.74, 6) is -0.355. The minimum atomic E-state index is -3.94. The van der Waals surface area contributed by atoms with Gasteiger partial charge in [-0.1, -0.05) is 83.9 Å². The maximum Gasteiger partial charge on any atom is 0.264 e. The molecule has 1 atom stereocenters. The highest BCUT2D eigenvalue weighted by atomic mass is 79.9. The Labute approximate surface area is 211 Å². The lowest BCUT2D eigenvalue weighted by Gasteiger charge is -2.30. The van der Waals surface area contributed by atoms with E-state index in [0.29, 0.717) is 12.1 Å². The van der Waals surface area contributed by atoms with Crippen molar-refractivity contribution in [1.82, 2.24) is 5.32 Å². The van der Waals surface area contributed by atoms with Crippen LogP contribution in [0.4, 0.5) is 5.69 Å². The molecule has 0 heterocycles. The molecule has 0 saturated carbocycles. The first-order valence-electron chi connectivity index (χ1n) is 11.2. The van der Waals surface area contributed by atoms with E-state index in [9.17, 15) is 13.2 Å². The van der Waals surface area contributed by atoms with Crippen LogP contribution in [0.15, 0.2) is 88.2 Å². The number of anilines is 1. The summed E-state index contributed by atoms with van der Waals surface area (Å²) in [5.41, 5.74) is 2.42. The zero-order chi connectivity index (χ0) is 24.9. The second-order valence-electron chi connectivity index (χ2n) is 9.23. The molecule has 0 aromatic heterocycles. The molecule has 3 rings (SSSR count). The van der Waals surface area contributed by atoms with Gasteiger partial charge < -0.3 is 5.32 Å². The van der Waals surface area contributed by atoms with Gasteiger partial charge in [-0.2, -0.15) is 0 Å². The van der Waals surface area contributed by atoms with Crippen LogP contribution in [-0.2, 0) is 20.2 Å². The van der Waals surface area contributed by atoms with E-state index < -0.39 is 10.0 Å². The van der Waals surface area contributed by atoms with Crippen molar-refractivity contribution in [3.05, 3.63) is 94.5 Å². The monoisotopic (exact) mass is 542 g/mol. The van der Waals surface area contributed by atoms with E-state index in [1.165, 1.54) is 5.56 Å². The van der Waals surface area contributed by atoms with E-state index in [0.717, 1.165) is 14.3 Å². The predicted molar refractivity (Wildman–Crippen MR) is 142 cm³/mol. The van der Waals surface area contributed by atoms with Gasteiger partial charge in [0.1, 0.15) is 6.54 Å². The van der Waals surface area contributed by atoms with E-state index in [1.807, 2.05) is 38.1 Å². The molecule has 0 radical (unpaired) electrons. The topological polar surface area (TPSA) is 66.5 Å². The molecule has 1 amide bonds. The summed E-state index contributed by atoms with van der Waals surface area (Å²) in [5, 5.41) is 3.00. The number of sulfonamides is 1. The quantitative estimate of drug-likeness (QED) is 0.370. The SMILES string of the molecule is Cc1ccc(S(=O)(=O)N(CC(=O)NC(C)CC(C)(C)c2ccccc2)c2cccc(Br)c2)cc1. The Bertz CT molecular complexity index is 1230. The number of carbonyl (C=O) groups excluding carboxylic acids is 1. The Balaban J connectivity index is 1.81. The van der Waals surface area contributed by atoms with E-state index >= 15 is 0 Å². The van der Waals surface area contributed by atoms with Crippen molar-refractivity contribution < 1.29 is 13.2 Å². The second kappa shape index (κ2) is 10.7. The Morgan fingerprint density at radius 1 is 1.00 bits per heavy atom. The van der Waals surface area contributed by atoms with E-state index in [1.54, 1.807) is 42.5 Å². The number of carbonyl (C=O) groups is 1. The number of halogens is 1. The van der Waals surface area contributed by atoms with Crippen LogP contribution in [0, 0.1) is 6.92 Å². The minimum Gasteiger partial charge on any atom is -0.352 e. The normalized spacial score (nSPS) is 12.7. The molecular weight excluding hydrogens is 512 g/mol. The lowest BCUT2D eigenvalue weighted by Crippen LogP contribution is -2.45. The number of nitrogens with one attached hydrogen (secondary N) is 1. The fourth-order valence-corrected chi connectivity index (χ4v) is 5.86. The molecule has 1 unspecified atom stereocenters. The van der Waals surface area contributed by atoms with Crippen molar-refractivity contribution in [3.8, 4) is 0 Å². The van der Waals surface area contributed by atoms with Crippen LogP contribution < -0.4 is 9.62 Å². The average Bonchev–Trinajstić information content (AvgIpc) is 2.78. The molecule has 3 aromatic rings. The van der Waals surface area contributed by atoms with Crippen molar-refractivity contribution in [2.24, 2.45) is 0 Å². The molecular formula is C27H31BrN2O3S. The summed E-state index contributed by atoms with van der Waals surface area (Å²) in [6.45, 7) is 7.80. The highest BCUT2D eigenvalue weighted by Crippen LogP contribution is 2.29. The maximum absolute atomic E-state index is 13.5. The lowest BCUT2D eigenvalue weighted by molar-refractivity contribution is -0.120. The van der Waals surface area contributed by atoms with Gasteiger partial charge in [0.2, 0.25) is 5.91 Å². The summed E-state index contributed by atoms with van der Waals surface area (Å²) in [7, 11) is -3.94. The molecule has 0 aliphatic carbocycles. The number of benzene rings is 3. The molecule has 0 bridgehead atoms. The van der Waals surface area contributed by atoms with Crippen molar-refractivity contribution in [1.29, 1.82) is 0 Å². The summed E-state index contributed by atoms with van der Waals surface area (Å²) >= 11 is 3.40. The van der Waals surface area contributed by atoms with Crippen molar-refractivity contribution >= 4 is 37.5 Å². The van der Waals surface area contributed by atoms with E-state index in [2.05, 4.69) is 47.2 Å². The number of hydrogen-bond donors (Lipinski definition) is 1. The summed E-state index contributed by atoms with van der Waals surface area (Å²) in [4.78, 5) is 13.2. The van der Waals surface area contributed by atoms with Crippen LogP contribution >= 0.6 is 15.9 Å². The van der Waals surface area contributed by atoms with Crippen LogP contribution in [0.2, 0.25) is 0 Å². The third-order valence-electron chi connectivity index (χ3n) is 5.77. The minimum absolute atomic E-state index is 0.143. The average molecular weight is 544 g/mol. The molecule has 1 N–H and O–H groups in total. The first-order chi connectivity index (χ1) is 16.0. The predicted octanol–water partition coefficient (Wildman–Crippen LogP) is 5.83. The van der Waals surface area contributed by atoms with Crippen LogP contribution in [-0.4, -0.2) is 26.9 Å². The van der Waals surface area contributed by atoms with Crippen LogP contribution in [0.5, 0.6) is 0 Å². The van der Waals surface area contributed by atoms with Crippen molar-refractivity contribution in [3.63, 3.8) is 0 Å². The number of amides is 1. The highest BCUT2D eigenvalue weighted by molar-refractivity contribution is 9.10. The van der Waals surface area contributed by atoms with Gasteiger partial charge in [-0.15, -0.1) is 0 Å². The molecule has 34 heavy (non-hydrogen) atoms. The molecule has 7 heteroatoms. The smallest absolute Gasteiger partial charge is 0.264 e. The first-order valence-corrected chi connectivity index (χ1v) is 13.4. The van der Waals surface area contributed by atoms with Crippen LogP contribution in [0.25, 0.3) is 0 Å². The third-order valence-corrected chi connectivity index (χ3v) is 8.05. The van der Waals surface area contributed by atoms with E-state index in [-0.39, 0.29) is 28.8 Å². The first kappa shape index (κ1) is 26.0. The highest BCUT2D eigenvalue weighted by Gasteiger charge is 2.29. The second-order valence-corrected chi connectivity index (χ2v) is 12.0. The standard InChI is InChI=1S/C27H31BrN2O3S/c1-20-13-15-25(16-14-20)34(32,33)30(24-12-8-11-23(28)17-24)19-26(31)29-21(2)18-27(3,4)22-9-6-5-7-10-22/h5-17,21H,18-19H2,1-4H3,(H,29,31). The Morgan fingerprint density at radius 3 is 2.26 bits per heavy atom. The lowest BCUT2D eigenvalue weighted by atomic mass is 9.79. The molecule has 3 aromatic carbocycles. The fourth-order valence-electron chi connectivity index (χ4n) is 4.06. The van der Waals surface area contributed by atoms with Gasteiger partial charge in [0, 0.05) is 10.5 Å². The number of nitrogens with zero attached hydrogens (tertiary/aromatic N) is 1. The molecule has 0 aliphatic rings. The molecule has 0 spiro atoms. The van der Waals surface area contributed by atoms with Crippen molar-refractivity contribution in [2.45, 2.75) is 50.5 Å². The maximum atomic E-state index is 13.5.